The molecule has 4 N–H and O–H groups in total. The predicted molar refractivity (Wildman–Crippen MR) is 143 cm³/mol. The molecule has 2 aromatic rings. The van der Waals surface area contributed by atoms with E-state index in [1.54, 1.807) is 6.92 Å². The lowest BCUT2D eigenvalue weighted by Gasteiger charge is -2.50. The van der Waals surface area contributed by atoms with Crippen LogP contribution in [-0.2, 0) is 11.2 Å². The molecule has 0 spiro atoms. The van der Waals surface area contributed by atoms with Crippen LogP contribution in [0.15, 0.2) is 39.1 Å². The van der Waals surface area contributed by atoms with Crippen LogP contribution in [0.2, 0.25) is 0 Å². The molecule has 2 heterocycles. The first-order valence-electron chi connectivity index (χ1n) is 13.8. The normalized spacial score (nSPS) is 34.6. The van der Waals surface area contributed by atoms with Crippen molar-refractivity contribution < 1.29 is 20.1 Å². The summed E-state index contributed by atoms with van der Waals surface area (Å²) in [6, 6.07) is 5.41. The van der Waals surface area contributed by atoms with Gasteiger partial charge in [0, 0.05) is 23.1 Å². The van der Waals surface area contributed by atoms with Crippen molar-refractivity contribution in [2.24, 2.45) is 22.4 Å². The SMILES string of the molecule is C[C@]12CC[C@@H]3c4ccc(O)cc4CC[C@H]3[C@@H]1CC[C@@H]2O.Cc1cn([C@H]2C[C@H](N=[N+]=[N-])[C@@H](CO)O2)c(=O)[nH]c1=O. The maximum Gasteiger partial charge on any atom is 0.330 e. The van der Waals surface area contributed by atoms with Crippen molar-refractivity contribution >= 4 is 0 Å². The Labute approximate surface area is 226 Å². The number of phenols is 1. The van der Waals surface area contributed by atoms with E-state index in [1.807, 2.05) is 12.1 Å². The van der Waals surface area contributed by atoms with E-state index < -0.39 is 29.6 Å². The number of hydrogen-bond donors (Lipinski definition) is 4. The minimum Gasteiger partial charge on any atom is -0.508 e. The quantitative estimate of drug-likeness (QED) is 0.264. The number of fused-ring (bicyclic) bond motifs is 5. The molecule has 1 aromatic carbocycles. The van der Waals surface area contributed by atoms with Gasteiger partial charge in [0.15, 0.2) is 0 Å². The van der Waals surface area contributed by atoms with Crippen LogP contribution in [-0.4, -0.2) is 49.7 Å². The maximum atomic E-state index is 11.7. The second-order valence-corrected chi connectivity index (χ2v) is 11.7. The summed E-state index contributed by atoms with van der Waals surface area (Å²) < 4.78 is 6.69. The first-order valence-corrected chi connectivity index (χ1v) is 13.8. The summed E-state index contributed by atoms with van der Waals surface area (Å²) in [5, 5.41) is 32.7. The van der Waals surface area contributed by atoms with Crippen molar-refractivity contribution in [1.82, 2.24) is 9.55 Å². The Morgan fingerprint density at radius 1 is 1.26 bits per heavy atom. The number of aryl methyl sites for hydroxylation is 2. The number of phenolic OH excluding ortho intramolecular Hbond substituents is 1. The van der Waals surface area contributed by atoms with E-state index in [0.29, 0.717) is 23.1 Å². The average molecular weight is 540 g/mol. The fourth-order valence-corrected chi connectivity index (χ4v) is 7.58. The van der Waals surface area contributed by atoms with Gasteiger partial charge in [-0.25, -0.2) is 4.79 Å². The highest BCUT2D eigenvalue weighted by Crippen LogP contribution is 2.60. The smallest absolute Gasteiger partial charge is 0.330 e. The number of nitrogens with zero attached hydrogens (tertiary/aromatic N) is 4. The lowest BCUT2D eigenvalue weighted by molar-refractivity contribution is -0.0271. The summed E-state index contributed by atoms with van der Waals surface area (Å²) in [5.74, 6) is 2.49. The van der Waals surface area contributed by atoms with Crippen LogP contribution in [0.5, 0.6) is 5.75 Å². The zero-order chi connectivity index (χ0) is 27.9. The van der Waals surface area contributed by atoms with Gasteiger partial charge in [0.2, 0.25) is 0 Å². The van der Waals surface area contributed by atoms with Crippen molar-refractivity contribution in [2.75, 3.05) is 6.61 Å². The molecule has 210 valence electrons. The Balaban J connectivity index is 0.000000158. The minimum atomic E-state index is -0.671. The Morgan fingerprint density at radius 3 is 2.79 bits per heavy atom. The molecule has 1 saturated heterocycles. The molecule has 3 aliphatic carbocycles. The second-order valence-electron chi connectivity index (χ2n) is 11.7. The van der Waals surface area contributed by atoms with Gasteiger partial charge in [-0.3, -0.25) is 14.3 Å². The third-order valence-corrected chi connectivity index (χ3v) is 9.70. The molecule has 11 nitrogen and oxygen atoms in total. The fourth-order valence-electron chi connectivity index (χ4n) is 7.58. The van der Waals surface area contributed by atoms with Crippen molar-refractivity contribution in [3.05, 3.63) is 72.4 Å². The minimum absolute atomic E-state index is 0.0883. The Morgan fingerprint density at radius 2 is 2.05 bits per heavy atom. The van der Waals surface area contributed by atoms with E-state index in [4.69, 9.17) is 15.4 Å². The fraction of sp³-hybridized carbons (Fsp3) is 0.643. The number of ether oxygens (including phenoxy) is 1. The number of aromatic hydroxyl groups is 1. The molecule has 0 amide bonds. The largest absolute Gasteiger partial charge is 0.508 e. The third-order valence-electron chi connectivity index (χ3n) is 9.70. The molecule has 1 aromatic heterocycles. The molecule has 0 bridgehead atoms. The van der Waals surface area contributed by atoms with Gasteiger partial charge >= 0.3 is 5.69 Å². The van der Waals surface area contributed by atoms with E-state index in [0.717, 1.165) is 25.2 Å². The van der Waals surface area contributed by atoms with E-state index in [2.05, 4.69) is 28.0 Å². The van der Waals surface area contributed by atoms with Crippen molar-refractivity contribution in [3.63, 3.8) is 0 Å². The summed E-state index contributed by atoms with van der Waals surface area (Å²) >= 11 is 0. The number of azide groups is 1. The van der Waals surface area contributed by atoms with E-state index in [9.17, 15) is 19.8 Å². The van der Waals surface area contributed by atoms with Gasteiger partial charge in [-0.05, 0) is 97.4 Å². The molecule has 2 saturated carbocycles. The standard InChI is InChI=1S/C18H24O2.C10H13N5O4/c1-18-9-8-14-13-5-3-12(19)10-11(13)2-4-15(14)16(18)6-7-17(18)20;1-5-3-15(10(18)12-9(5)17)8-2-6(13-14-11)7(4-16)19-8/h3,5,10,14-17,19-20H,2,4,6-9H2,1H3;3,6-8,16H,2,4H2,1H3,(H,12,17,18)/t14-,15-,16+,17+,18+;6-,7+,8+/m10/s1. The summed E-state index contributed by atoms with van der Waals surface area (Å²) in [7, 11) is 0. The number of nitrogens with one attached hydrogen (secondary N) is 1. The number of aliphatic hydroxyl groups is 2. The molecular formula is C28H37N5O6. The number of aliphatic hydroxyl groups excluding tert-OH is 2. The van der Waals surface area contributed by atoms with Gasteiger partial charge < -0.3 is 20.1 Å². The molecular weight excluding hydrogens is 502 g/mol. The molecule has 4 aliphatic rings. The molecule has 39 heavy (non-hydrogen) atoms. The zero-order valence-electron chi connectivity index (χ0n) is 22.4. The Kier molecular flexibility index (Phi) is 7.61. The van der Waals surface area contributed by atoms with Crippen LogP contribution >= 0.6 is 0 Å². The van der Waals surface area contributed by atoms with Gasteiger partial charge in [0.05, 0.1) is 24.9 Å². The van der Waals surface area contributed by atoms with E-state index in [-0.39, 0.29) is 24.5 Å². The van der Waals surface area contributed by atoms with Gasteiger partial charge in [-0.15, -0.1) is 0 Å². The van der Waals surface area contributed by atoms with E-state index >= 15 is 0 Å². The number of rotatable bonds is 3. The topological polar surface area (TPSA) is 174 Å². The van der Waals surface area contributed by atoms with Gasteiger partial charge in [-0.2, -0.15) is 0 Å². The van der Waals surface area contributed by atoms with Gasteiger partial charge in [-0.1, -0.05) is 18.1 Å². The van der Waals surface area contributed by atoms with Gasteiger partial charge in [0.25, 0.3) is 5.56 Å². The van der Waals surface area contributed by atoms with Crippen LogP contribution < -0.4 is 11.2 Å². The van der Waals surface area contributed by atoms with Gasteiger partial charge in [0.1, 0.15) is 12.0 Å². The lowest BCUT2D eigenvalue weighted by Crippen LogP contribution is -2.43. The van der Waals surface area contributed by atoms with Crippen LogP contribution in [0, 0.1) is 24.2 Å². The monoisotopic (exact) mass is 539 g/mol. The summed E-state index contributed by atoms with van der Waals surface area (Å²) in [6.07, 6.45) is 7.11. The molecule has 8 atom stereocenters. The van der Waals surface area contributed by atoms with Crippen LogP contribution in [0.4, 0.5) is 0 Å². The Bertz CT molecular complexity index is 1380. The van der Waals surface area contributed by atoms with Crippen molar-refractivity contribution in [1.29, 1.82) is 0 Å². The lowest BCUT2D eigenvalue weighted by atomic mass is 9.55. The highest BCUT2D eigenvalue weighted by atomic mass is 16.5. The number of aromatic nitrogens is 2. The first kappa shape index (κ1) is 27.5. The summed E-state index contributed by atoms with van der Waals surface area (Å²) in [6.45, 7) is 3.58. The zero-order valence-corrected chi connectivity index (χ0v) is 22.4. The summed E-state index contributed by atoms with van der Waals surface area (Å²) in [5.41, 5.74) is 10.7. The number of H-pyrrole nitrogens is 1. The average Bonchev–Trinajstić information content (AvgIpc) is 3.46. The third kappa shape index (κ3) is 5.00. The number of hydrogen-bond acceptors (Lipinski definition) is 7. The first-order chi connectivity index (χ1) is 18.7. The van der Waals surface area contributed by atoms with Crippen molar-refractivity contribution in [2.45, 2.75) is 89.2 Å². The molecule has 0 unspecified atom stereocenters. The predicted octanol–water partition coefficient (Wildman–Crippen LogP) is 3.41. The van der Waals surface area contributed by atoms with Crippen LogP contribution in [0.25, 0.3) is 10.4 Å². The van der Waals surface area contributed by atoms with Crippen LogP contribution in [0.3, 0.4) is 0 Å². The van der Waals surface area contributed by atoms with Crippen molar-refractivity contribution in [3.8, 4) is 5.75 Å². The Hall–Kier alpha value is -3.11. The maximum absolute atomic E-state index is 11.7. The second kappa shape index (κ2) is 10.8. The van der Waals surface area contributed by atoms with Crippen LogP contribution in [0.1, 0.15) is 74.3 Å². The number of benzene rings is 1. The molecule has 3 fully saturated rings. The molecule has 11 heteroatoms. The summed E-state index contributed by atoms with van der Waals surface area (Å²) in [4.78, 5) is 27.8. The van der Waals surface area contributed by atoms with E-state index in [1.165, 1.54) is 41.2 Å². The molecule has 1 aliphatic heterocycles. The number of aromatic amines is 1. The molecule has 6 rings (SSSR count). The highest BCUT2D eigenvalue weighted by Gasteiger charge is 2.54. The molecule has 0 radical (unpaired) electrons. The highest BCUT2D eigenvalue weighted by molar-refractivity contribution is 5.40.